The number of amides is 2. The lowest BCUT2D eigenvalue weighted by Gasteiger charge is -2.32. The normalized spacial score (nSPS) is 18.3. The van der Waals surface area contributed by atoms with Crippen LogP contribution >= 0.6 is 46.3 Å². The van der Waals surface area contributed by atoms with Gasteiger partial charge in [-0.25, -0.2) is 4.98 Å². The third-order valence-corrected chi connectivity index (χ3v) is 9.72. The lowest BCUT2D eigenvalue weighted by atomic mass is 10.0. The second kappa shape index (κ2) is 13.5. The molecule has 39 heavy (non-hydrogen) atoms. The Morgan fingerprint density at radius 3 is 2.72 bits per heavy atom. The minimum atomic E-state index is -0.122. The van der Waals surface area contributed by atoms with Crippen LogP contribution in [0.3, 0.4) is 0 Å². The van der Waals surface area contributed by atoms with Gasteiger partial charge < -0.3 is 16.0 Å². The highest BCUT2D eigenvalue weighted by Gasteiger charge is 2.23. The lowest BCUT2D eigenvalue weighted by Crippen LogP contribution is -2.44. The molecule has 11 heteroatoms. The highest BCUT2D eigenvalue weighted by Crippen LogP contribution is 2.30. The maximum absolute atomic E-state index is 12.6. The van der Waals surface area contributed by atoms with Gasteiger partial charge >= 0.3 is 0 Å². The van der Waals surface area contributed by atoms with Crippen LogP contribution in [0.1, 0.15) is 31.2 Å². The van der Waals surface area contributed by atoms with Crippen molar-refractivity contribution in [3.63, 3.8) is 0 Å². The Labute approximate surface area is 247 Å². The molecule has 5 rings (SSSR count). The van der Waals surface area contributed by atoms with E-state index in [-0.39, 0.29) is 23.9 Å². The van der Waals surface area contributed by atoms with Gasteiger partial charge in [0.05, 0.1) is 27.5 Å². The Hall–Kier alpha value is -2.14. The van der Waals surface area contributed by atoms with Crippen LogP contribution < -0.4 is 16.0 Å². The highest BCUT2D eigenvalue weighted by atomic mass is 35.5. The second-order valence-electron chi connectivity index (χ2n) is 9.87. The number of nitrogens with zero attached hydrogens (tertiary/aromatic N) is 2. The molecule has 0 saturated carbocycles. The number of rotatable bonds is 9. The van der Waals surface area contributed by atoms with Crippen LogP contribution in [0.25, 0.3) is 11.3 Å². The first-order valence-corrected chi connectivity index (χ1v) is 15.7. The Morgan fingerprint density at radius 2 is 1.95 bits per heavy atom. The number of piperidine rings is 1. The molecule has 2 aliphatic rings. The third-order valence-electron chi connectivity index (χ3n) is 6.96. The smallest absolute Gasteiger partial charge is 0.241 e. The molecule has 2 aromatic carbocycles. The largest absolute Gasteiger partial charge is 0.353 e. The fourth-order valence-corrected chi connectivity index (χ4v) is 6.85. The van der Waals surface area contributed by atoms with Gasteiger partial charge in [0.25, 0.3) is 0 Å². The average Bonchev–Trinajstić information content (AvgIpc) is 3.64. The maximum atomic E-state index is 12.6. The number of thioether (sulfide) groups is 1. The van der Waals surface area contributed by atoms with Gasteiger partial charge in [0.2, 0.25) is 11.8 Å². The third kappa shape index (κ3) is 7.96. The van der Waals surface area contributed by atoms with Gasteiger partial charge in [0.15, 0.2) is 4.34 Å². The molecule has 206 valence electrons. The van der Waals surface area contributed by atoms with Gasteiger partial charge in [-0.3, -0.25) is 14.5 Å². The molecular weight excluding hydrogens is 573 g/mol. The van der Waals surface area contributed by atoms with Crippen molar-refractivity contribution in [2.24, 2.45) is 0 Å². The summed E-state index contributed by atoms with van der Waals surface area (Å²) in [6, 6.07) is 13.6. The molecule has 0 spiro atoms. The minimum Gasteiger partial charge on any atom is -0.353 e. The van der Waals surface area contributed by atoms with Crippen molar-refractivity contribution in [1.82, 2.24) is 20.5 Å². The van der Waals surface area contributed by atoms with E-state index in [1.165, 1.54) is 23.1 Å². The van der Waals surface area contributed by atoms with E-state index in [2.05, 4.69) is 20.9 Å². The molecule has 2 aliphatic heterocycles. The van der Waals surface area contributed by atoms with Crippen LogP contribution in [-0.4, -0.2) is 59.2 Å². The van der Waals surface area contributed by atoms with E-state index in [4.69, 9.17) is 28.2 Å². The average molecular weight is 605 g/mol. The van der Waals surface area contributed by atoms with Gasteiger partial charge in [-0.2, -0.15) is 0 Å². The molecule has 0 radical (unpaired) electrons. The van der Waals surface area contributed by atoms with Gasteiger partial charge in [0, 0.05) is 42.3 Å². The number of anilines is 1. The van der Waals surface area contributed by atoms with Crippen LogP contribution in [0.2, 0.25) is 10.0 Å². The topological polar surface area (TPSA) is 86.4 Å². The number of likely N-dealkylation sites (tertiary alicyclic amines) is 1. The summed E-state index contributed by atoms with van der Waals surface area (Å²) in [5, 5.41) is 12.5. The second-order valence-corrected chi connectivity index (χ2v) is 12.8. The molecule has 2 amide bonds. The highest BCUT2D eigenvalue weighted by molar-refractivity contribution is 8.01. The van der Waals surface area contributed by atoms with Crippen molar-refractivity contribution in [2.45, 2.75) is 48.7 Å². The van der Waals surface area contributed by atoms with E-state index in [0.717, 1.165) is 78.7 Å². The monoisotopic (exact) mass is 603 g/mol. The van der Waals surface area contributed by atoms with Gasteiger partial charge in [-0.05, 0) is 62.1 Å². The van der Waals surface area contributed by atoms with Crippen LogP contribution in [0.4, 0.5) is 5.69 Å². The summed E-state index contributed by atoms with van der Waals surface area (Å²) in [6.07, 6.45) is 3.73. The zero-order chi connectivity index (χ0) is 27.2. The first-order chi connectivity index (χ1) is 18.9. The molecule has 2 fully saturated rings. The summed E-state index contributed by atoms with van der Waals surface area (Å²) in [5.41, 5.74) is 3.68. The minimum absolute atomic E-state index is 0.00216. The quantitative estimate of drug-likeness (QED) is 0.273. The predicted octanol–water partition coefficient (Wildman–Crippen LogP) is 5.68. The molecule has 2 saturated heterocycles. The molecule has 3 aromatic rings. The van der Waals surface area contributed by atoms with E-state index in [1.807, 2.05) is 47.8 Å². The molecular formula is C28H31Cl2N5O2S2. The zero-order valence-corrected chi connectivity index (χ0v) is 24.6. The number of nitrogens with one attached hydrogen (secondary N) is 3. The maximum Gasteiger partial charge on any atom is 0.241 e. The summed E-state index contributed by atoms with van der Waals surface area (Å²) in [4.78, 5) is 32.1. The van der Waals surface area contributed by atoms with Crippen LogP contribution in [0.5, 0.6) is 0 Å². The van der Waals surface area contributed by atoms with E-state index >= 15 is 0 Å². The molecule has 7 nitrogen and oxygen atoms in total. The fraction of sp³-hybridized carbons (Fsp3) is 0.393. The van der Waals surface area contributed by atoms with Crippen LogP contribution in [0, 0.1) is 0 Å². The van der Waals surface area contributed by atoms with E-state index in [9.17, 15) is 9.59 Å². The number of benzene rings is 2. The summed E-state index contributed by atoms with van der Waals surface area (Å²) in [5.74, 6) is 0.369. The number of hydrogen-bond acceptors (Lipinski definition) is 7. The van der Waals surface area contributed by atoms with Crippen LogP contribution in [-0.2, 0) is 16.1 Å². The van der Waals surface area contributed by atoms with E-state index in [1.54, 1.807) is 0 Å². The Balaban J connectivity index is 1.05. The van der Waals surface area contributed by atoms with Gasteiger partial charge in [0.1, 0.15) is 0 Å². The predicted molar refractivity (Wildman–Crippen MR) is 161 cm³/mol. The number of aromatic nitrogens is 1. The first-order valence-electron chi connectivity index (χ1n) is 13.1. The fourth-order valence-electron chi connectivity index (χ4n) is 4.88. The molecule has 3 N–H and O–H groups in total. The molecule has 0 bridgehead atoms. The van der Waals surface area contributed by atoms with Gasteiger partial charge in [-0.15, -0.1) is 11.3 Å². The SMILES string of the molecule is O=C(CSc1nc(-c2cccc(NC(=O)[C@@H]3CCCN3)c2)cs1)NC1CCN(Cc2ccc(Cl)c(Cl)c2)CC1. The Bertz CT molecular complexity index is 1310. The molecule has 0 aliphatic carbocycles. The number of carbonyl (C=O) groups excluding carboxylic acids is 2. The van der Waals surface area contributed by atoms with Gasteiger partial charge in [-0.1, -0.05) is 53.2 Å². The first kappa shape index (κ1) is 28.4. The van der Waals surface area contributed by atoms with Crippen molar-refractivity contribution in [3.05, 3.63) is 63.5 Å². The van der Waals surface area contributed by atoms with Crippen molar-refractivity contribution in [1.29, 1.82) is 0 Å². The van der Waals surface area contributed by atoms with E-state index in [0.29, 0.717) is 15.8 Å². The number of carbonyl (C=O) groups is 2. The Morgan fingerprint density at radius 1 is 1.10 bits per heavy atom. The molecule has 3 heterocycles. The number of thiazole rings is 1. The molecule has 1 atom stereocenters. The summed E-state index contributed by atoms with van der Waals surface area (Å²) < 4.78 is 0.848. The number of hydrogen-bond donors (Lipinski definition) is 3. The lowest BCUT2D eigenvalue weighted by molar-refractivity contribution is -0.119. The van der Waals surface area contributed by atoms with Crippen molar-refractivity contribution in [3.8, 4) is 11.3 Å². The molecule has 1 aromatic heterocycles. The van der Waals surface area contributed by atoms with Crippen LogP contribution in [0.15, 0.2) is 52.2 Å². The standard InChI is InChI=1S/C28H31Cl2N5O2S2/c29-22-7-6-18(13-23(22)30)15-35-11-8-20(9-12-35)32-26(36)17-39-28-34-25(16-38-28)19-3-1-4-21(14-19)33-27(37)24-5-2-10-31-24/h1,3-4,6-7,13-14,16,20,24,31H,2,5,8-12,15,17H2,(H,32,36)(H,33,37)/t24-/m0/s1. The molecule has 0 unspecified atom stereocenters. The van der Waals surface area contributed by atoms with Crippen molar-refractivity contribution in [2.75, 3.05) is 30.7 Å². The van der Waals surface area contributed by atoms with Crippen molar-refractivity contribution < 1.29 is 9.59 Å². The van der Waals surface area contributed by atoms with E-state index < -0.39 is 0 Å². The van der Waals surface area contributed by atoms with Crippen molar-refractivity contribution >= 4 is 63.8 Å². The summed E-state index contributed by atoms with van der Waals surface area (Å²) in [7, 11) is 0. The zero-order valence-electron chi connectivity index (χ0n) is 21.4. The summed E-state index contributed by atoms with van der Waals surface area (Å²) in [6.45, 7) is 3.55. The number of halogens is 2. The Kier molecular flexibility index (Phi) is 9.81. The summed E-state index contributed by atoms with van der Waals surface area (Å²) >= 11 is 15.1.